The van der Waals surface area contributed by atoms with E-state index in [1.54, 1.807) is 0 Å². The third-order valence-corrected chi connectivity index (χ3v) is 4.13. The van der Waals surface area contributed by atoms with Gasteiger partial charge in [-0.2, -0.15) is 0 Å². The van der Waals surface area contributed by atoms with Gasteiger partial charge in [-0.15, -0.1) is 0 Å². The highest BCUT2D eigenvalue weighted by atomic mass is 32.1. The van der Waals surface area contributed by atoms with E-state index in [4.69, 9.17) is 4.74 Å². The van der Waals surface area contributed by atoms with Crippen LogP contribution in [0.2, 0.25) is 0 Å². The van der Waals surface area contributed by atoms with Crippen LogP contribution in [0.5, 0.6) is 0 Å². The second-order valence-electron chi connectivity index (χ2n) is 4.41. The van der Waals surface area contributed by atoms with Gasteiger partial charge in [0.2, 0.25) is 0 Å². The summed E-state index contributed by atoms with van der Waals surface area (Å²) in [5.41, 5.74) is 1.91. The predicted octanol–water partition coefficient (Wildman–Crippen LogP) is 2.78. The summed E-state index contributed by atoms with van der Waals surface area (Å²) in [7, 11) is 1.99. The molecule has 1 heterocycles. The number of hydrogen-bond donors (Lipinski definition) is 1. The Morgan fingerprint density at radius 3 is 2.70 bits per heavy atom. The Hall–Kier alpha value is -1.43. The van der Waals surface area contributed by atoms with Gasteiger partial charge in [0.15, 0.2) is 5.13 Å². The molecule has 1 N–H and O–H groups in total. The van der Waals surface area contributed by atoms with Gasteiger partial charge in [-0.1, -0.05) is 41.7 Å². The number of likely N-dealkylation sites (N-methyl/N-ethyl adjacent to an activating group) is 1. The normalized spacial score (nSPS) is 10.8. The van der Waals surface area contributed by atoms with Crippen LogP contribution in [0.3, 0.4) is 0 Å². The molecule has 0 aliphatic rings. The van der Waals surface area contributed by atoms with Crippen molar-refractivity contribution in [1.82, 2.24) is 4.98 Å². The number of aromatic nitrogens is 1. The van der Waals surface area contributed by atoms with Gasteiger partial charge < -0.3 is 14.7 Å². The summed E-state index contributed by atoms with van der Waals surface area (Å²) in [4.78, 5) is 7.62. The number of benzene rings is 1. The van der Waals surface area contributed by atoms with E-state index in [9.17, 15) is 5.11 Å². The lowest BCUT2D eigenvalue weighted by molar-refractivity contribution is 0.154. The molecule has 0 fully saturated rings. The number of aliphatic hydroxyl groups excluding tert-OH is 1. The number of rotatable bonds is 7. The van der Waals surface area contributed by atoms with E-state index in [1.807, 2.05) is 44.3 Å². The zero-order chi connectivity index (χ0) is 14.4. The number of hydrogen-bond acceptors (Lipinski definition) is 5. The second-order valence-corrected chi connectivity index (χ2v) is 5.47. The summed E-state index contributed by atoms with van der Waals surface area (Å²) >= 11 is 1.53. The quantitative estimate of drug-likeness (QED) is 0.797. The Balaban J connectivity index is 2.18. The second kappa shape index (κ2) is 7.38. The Morgan fingerprint density at radius 2 is 2.05 bits per heavy atom. The molecule has 0 amide bonds. The third kappa shape index (κ3) is 3.56. The molecule has 0 aliphatic carbocycles. The lowest BCUT2D eigenvalue weighted by atomic mass is 10.1. The third-order valence-electron chi connectivity index (χ3n) is 2.98. The van der Waals surface area contributed by atoms with Gasteiger partial charge >= 0.3 is 0 Å². The Morgan fingerprint density at radius 1 is 1.30 bits per heavy atom. The molecule has 4 nitrogen and oxygen atoms in total. The van der Waals surface area contributed by atoms with Crippen molar-refractivity contribution in [2.45, 2.75) is 13.5 Å². The molecule has 0 saturated heterocycles. The van der Waals surface area contributed by atoms with Crippen LogP contribution < -0.4 is 4.90 Å². The number of anilines is 1. The summed E-state index contributed by atoms with van der Waals surface area (Å²) in [6.45, 7) is 4.20. The molecule has 0 bridgehead atoms. The van der Waals surface area contributed by atoms with E-state index >= 15 is 0 Å². The van der Waals surface area contributed by atoms with Gasteiger partial charge in [0.05, 0.1) is 23.8 Å². The zero-order valence-corrected chi connectivity index (χ0v) is 12.7. The molecule has 1 aromatic heterocycles. The van der Waals surface area contributed by atoms with E-state index in [1.165, 1.54) is 11.3 Å². The van der Waals surface area contributed by atoms with Crippen molar-refractivity contribution in [3.63, 3.8) is 0 Å². The molecular weight excluding hydrogens is 272 g/mol. The molecule has 0 spiro atoms. The topological polar surface area (TPSA) is 45.6 Å². The predicted molar refractivity (Wildman–Crippen MR) is 83.2 cm³/mol. The maximum Gasteiger partial charge on any atom is 0.186 e. The average Bonchev–Trinajstić information content (AvgIpc) is 2.92. The summed E-state index contributed by atoms with van der Waals surface area (Å²) in [6.07, 6.45) is 0. The maximum absolute atomic E-state index is 9.52. The van der Waals surface area contributed by atoms with Crippen molar-refractivity contribution in [1.29, 1.82) is 0 Å². The number of ether oxygens (including phenoxy) is 1. The molecule has 2 aromatic rings. The molecule has 0 radical (unpaired) electrons. The van der Waals surface area contributed by atoms with Gasteiger partial charge in [-0.25, -0.2) is 4.98 Å². The van der Waals surface area contributed by atoms with Crippen LogP contribution in [-0.2, 0) is 11.3 Å². The molecule has 0 aliphatic heterocycles. The van der Waals surface area contributed by atoms with Crippen LogP contribution in [0, 0.1) is 0 Å². The monoisotopic (exact) mass is 292 g/mol. The SMILES string of the molecule is CCOCCN(C)c1nc(-c2ccccc2)c(CO)s1. The highest BCUT2D eigenvalue weighted by Crippen LogP contribution is 2.32. The smallest absolute Gasteiger partial charge is 0.186 e. The largest absolute Gasteiger partial charge is 0.391 e. The van der Waals surface area contributed by atoms with E-state index in [-0.39, 0.29) is 6.61 Å². The van der Waals surface area contributed by atoms with Crippen molar-refractivity contribution >= 4 is 16.5 Å². The first-order chi connectivity index (χ1) is 9.76. The van der Waals surface area contributed by atoms with Gasteiger partial charge in [0.25, 0.3) is 0 Å². The Kier molecular flexibility index (Phi) is 5.52. The lowest BCUT2D eigenvalue weighted by Crippen LogP contribution is -2.22. The van der Waals surface area contributed by atoms with Gasteiger partial charge in [0, 0.05) is 25.8 Å². The van der Waals surface area contributed by atoms with Gasteiger partial charge in [-0.05, 0) is 6.92 Å². The van der Waals surface area contributed by atoms with Crippen LogP contribution in [-0.4, -0.2) is 36.9 Å². The fourth-order valence-corrected chi connectivity index (χ4v) is 2.80. The van der Waals surface area contributed by atoms with E-state index in [0.717, 1.165) is 34.4 Å². The number of nitrogens with zero attached hydrogens (tertiary/aromatic N) is 2. The van der Waals surface area contributed by atoms with Crippen LogP contribution in [0.4, 0.5) is 5.13 Å². The molecule has 5 heteroatoms. The average molecular weight is 292 g/mol. The van der Waals surface area contributed by atoms with Crippen molar-refractivity contribution in [2.75, 3.05) is 31.7 Å². The first kappa shape index (κ1) is 15.0. The van der Waals surface area contributed by atoms with Crippen molar-refractivity contribution in [3.8, 4) is 11.3 Å². The number of thiazole rings is 1. The lowest BCUT2D eigenvalue weighted by Gasteiger charge is -2.15. The van der Waals surface area contributed by atoms with Crippen molar-refractivity contribution < 1.29 is 9.84 Å². The molecule has 1 aromatic carbocycles. The zero-order valence-electron chi connectivity index (χ0n) is 11.9. The Bertz CT molecular complexity index is 528. The van der Waals surface area contributed by atoms with E-state index in [0.29, 0.717) is 6.61 Å². The summed E-state index contributed by atoms with van der Waals surface area (Å²) < 4.78 is 5.36. The fraction of sp³-hybridized carbons (Fsp3) is 0.400. The molecular formula is C15H20N2O2S. The molecule has 20 heavy (non-hydrogen) atoms. The maximum atomic E-state index is 9.52. The summed E-state index contributed by atoms with van der Waals surface area (Å²) in [6, 6.07) is 9.96. The molecule has 0 atom stereocenters. The standard InChI is InChI=1S/C15H20N2O2S/c1-3-19-10-9-17(2)15-16-14(13(11-18)20-15)12-7-5-4-6-8-12/h4-8,18H,3,9-11H2,1-2H3. The van der Waals surface area contributed by atoms with E-state index in [2.05, 4.69) is 9.88 Å². The molecule has 2 rings (SSSR count). The van der Waals surface area contributed by atoms with Gasteiger partial charge in [-0.3, -0.25) is 0 Å². The van der Waals surface area contributed by atoms with Crippen LogP contribution in [0.15, 0.2) is 30.3 Å². The highest BCUT2D eigenvalue weighted by molar-refractivity contribution is 7.16. The number of aliphatic hydroxyl groups is 1. The van der Waals surface area contributed by atoms with Crippen LogP contribution >= 0.6 is 11.3 Å². The van der Waals surface area contributed by atoms with Crippen LogP contribution in [0.25, 0.3) is 11.3 Å². The van der Waals surface area contributed by atoms with Gasteiger partial charge in [0.1, 0.15) is 0 Å². The molecule has 0 unspecified atom stereocenters. The fourth-order valence-electron chi connectivity index (χ4n) is 1.87. The highest BCUT2D eigenvalue weighted by Gasteiger charge is 2.14. The van der Waals surface area contributed by atoms with Crippen molar-refractivity contribution in [3.05, 3.63) is 35.2 Å². The first-order valence-corrected chi connectivity index (χ1v) is 7.52. The van der Waals surface area contributed by atoms with Crippen LogP contribution in [0.1, 0.15) is 11.8 Å². The van der Waals surface area contributed by atoms with E-state index < -0.39 is 0 Å². The first-order valence-electron chi connectivity index (χ1n) is 6.71. The minimum absolute atomic E-state index is 0.0151. The Labute approximate surface area is 123 Å². The van der Waals surface area contributed by atoms with Crippen molar-refractivity contribution in [2.24, 2.45) is 0 Å². The minimum Gasteiger partial charge on any atom is -0.391 e. The summed E-state index contributed by atoms with van der Waals surface area (Å²) in [5.74, 6) is 0. The molecule has 0 saturated carbocycles. The summed E-state index contributed by atoms with van der Waals surface area (Å²) in [5, 5.41) is 10.4. The minimum atomic E-state index is 0.0151. The molecule has 108 valence electrons.